The quantitative estimate of drug-likeness (QED) is 0.572. The maximum atomic E-state index is 12.0. The van der Waals surface area contributed by atoms with Crippen molar-refractivity contribution in [3.8, 4) is 0 Å². The van der Waals surface area contributed by atoms with Gasteiger partial charge in [-0.3, -0.25) is 4.79 Å². The minimum Gasteiger partial charge on any atom is -0.350 e. The van der Waals surface area contributed by atoms with Crippen LogP contribution < -0.4 is 16.6 Å². The van der Waals surface area contributed by atoms with Crippen LogP contribution in [0.2, 0.25) is 0 Å². The second-order valence-electron chi connectivity index (χ2n) is 5.28. The molecule has 5 nitrogen and oxygen atoms in total. The first-order chi connectivity index (χ1) is 9.20. The van der Waals surface area contributed by atoms with Crippen LogP contribution in [0.1, 0.15) is 43.1 Å². The Morgan fingerprint density at radius 1 is 1.42 bits per heavy atom. The van der Waals surface area contributed by atoms with Gasteiger partial charge in [0.1, 0.15) is 11.5 Å². The maximum Gasteiger partial charge on any atom is 0.269 e. The first-order valence-electron chi connectivity index (χ1n) is 6.92. The van der Waals surface area contributed by atoms with Crippen molar-refractivity contribution in [1.82, 2.24) is 10.3 Å². The van der Waals surface area contributed by atoms with Crippen molar-refractivity contribution in [3.63, 3.8) is 0 Å². The number of aromatic nitrogens is 1. The molecule has 1 heterocycles. The molecular weight excluding hydrogens is 240 g/mol. The molecule has 5 heteroatoms. The molecule has 1 aliphatic carbocycles. The molecule has 0 bridgehead atoms. The number of nitrogens with two attached hydrogens (primary N) is 1. The SMILES string of the molecule is CC1CCCCC1CNC(=O)c1cccc(NN)n1. The van der Waals surface area contributed by atoms with Crippen molar-refractivity contribution >= 4 is 11.7 Å². The molecule has 19 heavy (non-hydrogen) atoms. The molecule has 0 aromatic carbocycles. The molecule has 2 rings (SSSR count). The average Bonchev–Trinajstić information content (AvgIpc) is 2.46. The van der Waals surface area contributed by atoms with Gasteiger partial charge in [0, 0.05) is 6.54 Å². The van der Waals surface area contributed by atoms with Gasteiger partial charge in [0.25, 0.3) is 5.91 Å². The molecule has 4 N–H and O–H groups in total. The molecule has 2 unspecified atom stereocenters. The van der Waals surface area contributed by atoms with Crippen LogP contribution in [0.15, 0.2) is 18.2 Å². The molecule has 0 radical (unpaired) electrons. The van der Waals surface area contributed by atoms with Crippen molar-refractivity contribution in [1.29, 1.82) is 0 Å². The zero-order chi connectivity index (χ0) is 13.7. The first kappa shape index (κ1) is 13.8. The third-order valence-corrected chi connectivity index (χ3v) is 3.94. The highest BCUT2D eigenvalue weighted by Gasteiger charge is 2.21. The molecule has 0 spiro atoms. The van der Waals surface area contributed by atoms with Crippen LogP contribution in [0.3, 0.4) is 0 Å². The number of hydrogen-bond donors (Lipinski definition) is 3. The summed E-state index contributed by atoms with van der Waals surface area (Å²) in [6, 6.07) is 5.18. The molecule has 1 fully saturated rings. The lowest BCUT2D eigenvalue weighted by molar-refractivity contribution is 0.0931. The molecule has 1 aliphatic rings. The summed E-state index contributed by atoms with van der Waals surface area (Å²) in [5.41, 5.74) is 2.85. The number of nitrogen functional groups attached to an aromatic ring is 1. The number of carbonyl (C=O) groups excluding carboxylic acids is 1. The molecule has 0 saturated heterocycles. The van der Waals surface area contributed by atoms with E-state index in [4.69, 9.17) is 5.84 Å². The summed E-state index contributed by atoms with van der Waals surface area (Å²) in [4.78, 5) is 16.1. The molecule has 104 valence electrons. The Balaban J connectivity index is 1.89. The molecule has 0 aliphatic heterocycles. The van der Waals surface area contributed by atoms with E-state index in [1.165, 1.54) is 25.7 Å². The Morgan fingerprint density at radius 2 is 2.21 bits per heavy atom. The highest BCUT2D eigenvalue weighted by atomic mass is 16.1. The third kappa shape index (κ3) is 3.67. The molecule has 1 aromatic rings. The Labute approximate surface area is 114 Å². The van der Waals surface area contributed by atoms with Gasteiger partial charge in [-0.2, -0.15) is 0 Å². The van der Waals surface area contributed by atoms with E-state index in [2.05, 4.69) is 22.7 Å². The van der Waals surface area contributed by atoms with Gasteiger partial charge in [-0.25, -0.2) is 10.8 Å². The second kappa shape index (κ2) is 6.52. The number of amides is 1. The van der Waals surface area contributed by atoms with Crippen molar-refractivity contribution < 1.29 is 4.79 Å². The smallest absolute Gasteiger partial charge is 0.269 e. The van der Waals surface area contributed by atoms with Crippen LogP contribution in [-0.2, 0) is 0 Å². The monoisotopic (exact) mass is 262 g/mol. The van der Waals surface area contributed by atoms with E-state index in [0.717, 1.165) is 6.54 Å². The van der Waals surface area contributed by atoms with Crippen LogP contribution >= 0.6 is 0 Å². The van der Waals surface area contributed by atoms with Crippen LogP contribution in [0.5, 0.6) is 0 Å². The predicted octanol–water partition coefficient (Wildman–Crippen LogP) is 1.92. The number of anilines is 1. The van der Waals surface area contributed by atoms with Gasteiger partial charge < -0.3 is 10.7 Å². The highest BCUT2D eigenvalue weighted by Crippen LogP contribution is 2.28. The first-order valence-corrected chi connectivity index (χ1v) is 6.92. The fourth-order valence-corrected chi connectivity index (χ4v) is 2.65. The van der Waals surface area contributed by atoms with Gasteiger partial charge in [-0.15, -0.1) is 0 Å². The zero-order valence-electron chi connectivity index (χ0n) is 11.4. The summed E-state index contributed by atoms with van der Waals surface area (Å²) >= 11 is 0. The number of carbonyl (C=O) groups is 1. The van der Waals surface area contributed by atoms with Crippen molar-refractivity contribution in [2.75, 3.05) is 12.0 Å². The average molecular weight is 262 g/mol. The van der Waals surface area contributed by atoms with Crippen LogP contribution in [0.4, 0.5) is 5.82 Å². The van der Waals surface area contributed by atoms with Crippen LogP contribution in [0, 0.1) is 11.8 Å². The van der Waals surface area contributed by atoms with E-state index < -0.39 is 0 Å². The number of pyridine rings is 1. The molecular formula is C14H22N4O. The number of rotatable bonds is 4. The summed E-state index contributed by atoms with van der Waals surface area (Å²) in [5, 5.41) is 2.98. The summed E-state index contributed by atoms with van der Waals surface area (Å²) in [5.74, 6) is 6.94. The fourth-order valence-electron chi connectivity index (χ4n) is 2.65. The van der Waals surface area contributed by atoms with E-state index in [1.54, 1.807) is 18.2 Å². The molecule has 1 saturated carbocycles. The van der Waals surface area contributed by atoms with Crippen LogP contribution in [-0.4, -0.2) is 17.4 Å². The van der Waals surface area contributed by atoms with Gasteiger partial charge in [0.15, 0.2) is 0 Å². The standard InChI is InChI=1S/C14H22N4O/c1-10-5-2-3-6-11(10)9-16-14(19)12-7-4-8-13(17-12)18-15/h4,7-8,10-11H,2-3,5-6,9,15H2,1H3,(H,16,19)(H,17,18). The van der Waals surface area contributed by atoms with E-state index in [1.807, 2.05) is 0 Å². The molecule has 1 aromatic heterocycles. The van der Waals surface area contributed by atoms with Gasteiger partial charge in [0.2, 0.25) is 0 Å². The van der Waals surface area contributed by atoms with Crippen molar-refractivity contribution in [3.05, 3.63) is 23.9 Å². The van der Waals surface area contributed by atoms with Gasteiger partial charge >= 0.3 is 0 Å². The Kier molecular flexibility index (Phi) is 4.74. The number of nitrogens with zero attached hydrogens (tertiary/aromatic N) is 1. The topological polar surface area (TPSA) is 80.0 Å². The number of hydrazine groups is 1. The van der Waals surface area contributed by atoms with Gasteiger partial charge in [-0.1, -0.05) is 32.3 Å². The Hall–Kier alpha value is -1.62. The number of hydrogen-bond acceptors (Lipinski definition) is 4. The Morgan fingerprint density at radius 3 is 2.95 bits per heavy atom. The third-order valence-electron chi connectivity index (χ3n) is 3.94. The summed E-state index contributed by atoms with van der Waals surface area (Å²) < 4.78 is 0. The normalized spacial score (nSPS) is 22.8. The molecule has 2 atom stereocenters. The van der Waals surface area contributed by atoms with Gasteiger partial charge in [0.05, 0.1) is 0 Å². The summed E-state index contributed by atoms with van der Waals surface area (Å²) in [6.45, 7) is 3.01. The minimum atomic E-state index is -0.130. The largest absolute Gasteiger partial charge is 0.350 e. The lowest BCUT2D eigenvalue weighted by Gasteiger charge is -2.28. The highest BCUT2D eigenvalue weighted by molar-refractivity contribution is 5.92. The molecule has 1 amide bonds. The van der Waals surface area contributed by atoms with Crippen molar-refractivity contribution in [2.45, 2.75) is 32.6 Å². The van der Waals surface area contributed by atoms with E-state index >= 15 is 0 Å². The van der Waals surface area contributed by atoms with E-state index in [9.17, 15) is 4.79 Å². The Bertz CT molecular complexity index is 435. The van der Waals surface area contributed by atoms with Crippen LogP contribution in [0.25, 0.3) is 0 Å². The zero-order valence-corrected chi connectivity index (χ0v) is 11.4. The van der Waals surface area contributed by atoms with Crippen molar-refractivity contribution in [2.24, 2.45) is 17.7 Å². The minimum absolute atomic E-state index is 0.130. The summed E-state index contributed by atoms with van der Waals surface area (Å²) in [6.07, 6.45) is 5.07. The fraction of sp³-hybridized carbons (Fsp3) is 0.571. The maximum absolute atomic E-state index is 12.0. The number of nitrogens with one attached hydrogen (secondary N) is 2. The van der Waals surface area contributed by atoms with E-state index in [0.29, 0.717) is 23.3 Å². The summed E-state index contributed by atoms with van der Waals surface area (Å²) in [7, 11) is 0. The second-order valence-corrected chi connectivity index (χ2v) is 5.28. The lowest BCUT2D eigenvalue weighted by atomic mass is 9.80. The predicted molar refractivity (Wildman–Crippen MR) is 75.5 cm³/mol. The van der Waals surface area contributed by atoms with E-state index in [-0.39, 0.29) is 5.91 Å². The van der Waals surface area contributed by atoms with Gasteiger partial charge in [-0.05, 0) is 30.4 Å². The lowest BCUT2D eigenvalue weighted by Crippen LogP contribution is -2.33.